The minimum Gasteiger partial charge on any atom is -0.334 e. The average Bonchev–Trinajstić information content (AvgIpc) is 2.57. The second kappa shape index (κ2) is 4.13. The summed E-state index contributed by atoms with van der Waals surface area (Å²) >= 11 is 3.44. The van der Waals surface area contributed by atoms with Crippen LogP contribution in [0.15, 0.2) is 24.5 Å². The average molecular weight is 253 g/mol. The highest BCUT2D eigenvalue weighted by Crippen LogP contribution is 2.15. The largest absolute Gasteiger partial charge is 0.334 e. The van der Waals surface area contributed by atoms with Crippen molar-refractivity contribution in [3.63, 3.8) is 0 Å². The summed E-state index contributed by atoms with van der Waals surface area (Å²) in [7, 11) is 2.02. The summed E-state index contributed by atoms with van der Waals surface area (Å²) < 4.78 is 2.05. The van der Waals surface area contributed by atoms with Crippen LogP contribution >= 0.6 is 15.9 Å². The van der Waals surface area contributed by atoms with Crippen LogP contribution in [0.25, 0.3) is 11.0 Å². The first-order chi connectivity index (χ1) is 6.81. The SMILES string of the molecule is Cn1cnc2cc(CCCBr)ccc21. The van der Waals surface area contributed by atoms with Gasteiger partial charge >= 0.3 is 0 Å². The van der Waals surface area contributed by atoms with Crippen molar-refractivity contribution in [3.8, 4) is 0 Å². The topological polar surface area (TPSA) is 17.8 Å². The van der Waals surface area contributed by atoms with Crippen molar-refractivity contribution in [1.29, 1.82) is 0 Å². The maximum Gasteiger partial charge on any atom is 0.0955 e. The lowest BCUT2D eigenvalue weighted by Gasteiger charge is -1.99. The number of halogens is 1. The van der Waals surface area contributed by atoms with E-state index in [0.29, 0.717) is 0 Å². The summed E-state index contributed by atoms with van der Waals surface area (Å²) in [6.07, 6.45) is 4.16. The minimum absolute atomic E-state index is 1.06. The van der Waals surface area contributed by atoms with Crippen LogP contribution in [0.1, 0.15) is 12.0 Å². The fraction of sp³-hybridized carbons (Fsp3) is 0.364. The Balaban J connectivity index is 2.32. The molecular formula is C11H13BrN2. The van der Waals surface area contributed by atoms with Crippen LogP contribution in [0, 0.1) is 0 Å². The number of aryl methyl sites for hydroxylation is 2. The third kappa shape index (κ3) is 1.82. The minimum atomic E-state index is 1.06. The van der Waals surface area contributed by atoms with Gasteiger partial charge in [0.25, 0.3) is 0 Å². The summed E-state index contributed by atoms with van der Waals surface area (Å²) in [5, 5.41) is 1.06. The van der Waals surface area contributed by atoms with E-state index >= 15 is 0 Å². The fourth-order valence-electron chi connectivity index (χ4n) is 1.61. The van der Waals surface area contributed by atoms with E-state index in [4.69, 9.17) is 0 Å². The molecule has 0 saturated heterocycles. The summed E-state index contributed by atoms with van der Waals surface area (Å²) in [5.74, 6) is 0. The monoisotopic (exact) mass is 252 g/mol. The normalized spacial score (nSPS) is 11.0. The number of alkyl halides is 1. The Hall–Kier alpha value is -0.830. The van der Waals surface area contributed by atoms with Crippen LogP contribution < -0.4 is 0 Å². The lowest BCUT2D eigenvalue weighted by atomic mass is 10.1. The Bertz CT molecular complexity index is 434. The number of hydrogen-bond acceptors (Lipinski definition) is 1. The second-order valence-electron chi connectivity index (χ2n) is 3.47. The molecule has 0 saturated carbocycles. The van der Waals surface area contributed by atoms with Gasteiger partial charge in [-0.3, -0.25) is 0 Å². The van der Waals surface area contributed by atoms with Gasteiger partial charge in [0.2, 0.25) is 0 Å². The summed E-state index contributed by atoms with van der Waals surface area (Å²) in [5.41, 5.74) is 3.67. The molecule has 0 N–H and O–H groups in total. The van der Waals surface area contributed by atoms with Crippen LogP contribution in [0.5, 0.6) is 0 Å². The Morgan fingerprint density at radius 3 is 3.07 bits per heavy atom. The zero-order valence-corrected chi connectivity index (χ0v) is 9.79. The molecule has 0 unspecified atom stereocenters. The zero-order valence-electron chi connectivity index (χ0n) is 8.20. The lowest BCUT2D eigenvalue weighted by molar-refractivity contribution is 0.938. The van der Waals surface area contributed by atoms with E-state index in [1.165, 1.54) is 17.5 Å². The molecule has 2 nitrogen and oxygen atoms in total. The van der Waals surface area contributed by atoms with Crippen molar-refractivity contribution in [2.75, 3.05) is 5.33 Å². The number of benzene rings is 1. The molecule has 0 amide bonds. The van der Waals surface area contributed by atoms with Gasteiger partial charge in [0.15, 0.2) is 0 Å². The van der Waals surface area contributed by atoms with Gasteiger partial charge in [-0.2, -0.15) is 0 Å². The first kappa shape index (κ1) is 9.71. The van der Waals surface area contributed by atoms with Gasteiger partial charge in [0, 0.05) is 12.4 Å². The number of fused-ring (bicyclic) bond motifs is 1. The molecule has 1 aromatic heterocycles. The molecule has 1 heterocycles. The van der Waals surface area contributed by atoms with Gasteiger partial charge in [-0.25, -0.2) is 4.98 Å². The standard InChI is InChI=1S/C11H13BrN2/c1-14-8-13-10-7-9(3-2-6-12)4-5-11(10)14/h4-5,7-8H,2-3,6H2,1H3. The van der Waals surface area contributed by atoms with Gasteiger partial charge < -0.3 is 4.57 Å². The molecule has 3 heteroatoms. The molecule has 1 aromatic carbocycles. The highest BCUT2D eigenvalue weighted by atomic mass is 79.9. The van der Waals surface area contributed by atoms with Crippen molar-refractivity contribution >= 4 is 27.0 Å². The Kier molecular flexibility index (Phi) is 2.87. The molecule has 2 rings (SSSR count). The molecule has 14 heavy (non-hydrogen) atoms. The Labute approximate surface area is 92.1 Å². The van der Waals surface area contributed by atoms with Crippen molar-refractivity contribution in [3.05, 3.63) is 30.1 Å². The van der Waals surface area contributed by atoms with Gasteiger partial charge in [-0.15, -0.1) is 0 Å². The molecule has 0 radical (unpaired) electrons. The first-order valence-corrected chi connectivity index (χ1v) is 5.89. The van der Waals surface area contributed by atoms with Crippen LogP contribution in [0.3, 0.4) is 0 Å². The third-order valence-corrected chi connectivity index (χ3v) is 2.95. The van der Waals surface area contributed by atoms with E-state index in [2.05, 4.69) is 39.1 Å². The molecular weight excluding hydrogens is 240 g/mol. The fourth-order valence-corrected chi connectivity index (χ4v) is 1.89. The van der Waals surface area contributed by atoms with Crippen molar-refractivity contribution in [2.45, 2.75) is 12.8 Å². The molecule has 0 atom stereocenters. The van der Waals surface area contributed by atoms with Gasteiger partial charge in [0.05, 0.1) is 17.4 Å². The van der Waals surface area contributed by atoms with Crippen LogP contribution in [-0.2, 0) is 13.5 Å². The smallest absolute Gasteiger partial charge is 0.0955 e. The quantitative estimate of drug-likeness (QED) is 0.769. The molecule has 0 bridgehead atoms. The number of hydrogen-bond donors (Lipinski definition) is 0. The zero-order chi connectivity index (χ0) is 9.97. The van der Waals surface area contributed by atoms with Gasteiger partial charge in [0.1, 0.15) is 0 Å². The van der Waals surface area contributed by atoms with E-state index in [-0.39, 0.29) is 0 Å². The molecule has 0 fully saturated rings. The third-order valence-electron chi connectivity index (χ3n) is 2.39. The predicted octanol–water partition coefficient (Wildman–Crippen LogP) is 2.90. The number of imidazole rings is 1. The van der Waals surface area contributed by atoms with E-state index in [1.807, 2.05) is 17.9 Å². The highest BCUT2D eigenvalue weighted by molar-refractivity contribution is 9.09. The molecule has 0 spiro atoms. The maximum atomic E-state index is 4.34. The van der Waals surface area contributed by atoms with E-state index in [9.17, 15) is 0 Å². The van der Waals surface area contributed by atoms with Gasteiger partial charge in [-0.05, 0) is 30.5 Å². The molecule has 0 aliphatic carbocycles. The second-order valence-corrected chi connectivity index (χ2v) is 4.26. The maximum absolute atomic E-state index is 4.34. The Morgan fingerprint density at radius 2 is 2.29 bits per heavy atom. The molecule has 0 aliphatic heterocycles. The van der Waals surface area contributed by atoms with Crippen LogP contribution in [-0.4, -0.2) is 14.9 Å². The number of rotatable bonds is 3. The lowest BCUT2D eigenvalue weighted by Crippen LogP contribution is -1.87. The van der Waals surface area contributed by atoms with E-state index < -0.39 is 0 Å². The van der Waals surface area contributed by atoms with Crippen LogP contribution in [0.4, 0.5) is 0 Å². The number of aromatic nitrogens is 2. The van der Waals surface area contributed by atoms with Crippen molar-refractivity contribution < 1.29 is 0 Å². The van der Waals surface area contributed by atoms with Crippen molar-refractivity contribution in [1.82, 2.24) is 9.55 Å². The molecule has 2 aromatic rings. The van der Waals surface area contributed by atoms with E-state index in [0.717, 1.165) is 17.3 Å². The summed E-state index contributed by atoms with van der Waals surface area (Å²) in [4.78, 5) is 4.34. The highest BCUT2D eigenvalue weighted by Gasteiger charge is 2.00. The Morgan fingerprint density at radius 1 is 1.43 bits per heavy atom. The summed E-state index contributed by atoms with van der Waals surface area (Å²) in [6.45, 7) is 0. The molecule has 0 aliphatic rings. The number of nitrogens with zero attached hydrogens (tertiary/aromatic N) is 2. The predicted molar refractivity (Wildman–Crippen MR) is 62.8 cm³/mol. The van der Waals surface area contributed by atoms with Gasteiger partial charge in [-0.1, -0.05) is 22.0 Å². The van der Waals surface area contributed by atoms with Crippen LogP contribution in [0.2, 0.25) is 0 Å². The van der Waals surface area contributed by atoms with Crippen molar-refractivity contribution in [2.24, 2.45) is 7.05 Å². The first-order valence-electron chi connectivity index (χ1n) is 4.77. The van der Waals surface area contributed by atoms with E-state index in [1.54, 1.807) is 0 Å². The summed E-state index contributed by atoms with van der Waals surface area (Å²) in [6, 6.07) is 6.51. The molecule has 74 valence electrons.